The van der Waals surface area contributed by atoms with E-state index in [0.29, 0.717) is 5.75 Å². The molecule has 0 aliphatic heterocycles. The van der Waals surface area contributed by atoms with E-state index in [9.17, 15) is 4.79 Å². The maximum Gasteiger partial charge on any atom is 0.250 e. The Morgan fingerprint density at radius 3 is 2.74 bits per heavy atom. The molecular formula is C18H20N2O2S. The summed E-state index contributed by atoms with van der Waals surface area (Å²) >= 11 is 1.50. The van der Waals surface area contributed by atoms with Crippen molar-refractivity contribution >= 4 is 23.9 Å². The largest absolute Gasteiger partial charge is 0.496 e. The summed E-state index contributed by atoms with van der Waals surface area (Å²) in [5, 5.41) is 3.99. The van der Waals surface area contributed by atoms with E-state index in [1.807, 2.05) is 56.3 Å². The Labute approximate surface area is 140 Å². The number of amides is 1. The van der Waals surface area contributed by atoms with Gasteiger partial charge in [-0.15, -0.1) is 11.8 Å². The van der Waals surface area contributed by atoms with Crippen LogP contribution in [0.1, 0.15) is 16.7 Å². The summed E-state index contributed by atoms with van der Waals surface area (Å²) in [7, 11) is 1.63. The number of nitrogens with zero attached hydrogens (tertiary/aromatic N) is 1. The summed E-state index contributed by atoms with van der Waals surface area (Å²) in [4.78, 5) is 12.9. The molecule has 0 aliphatic rings. The Balaban J connectivity index is 1.85. The Hall–Kier alpha value is -2.27. The van der Waals surface area contributed by atoms with Gasteiger partial charge in [-0.3, -0.25) is 4.79 Å². The predicted molar refractivity (Wildman–Crippen MR) is 95.4 cm³/mol. The van der Waals surface area contributed by atoms with E-state index < -0.39 is 0 Å². The normalized spacial score (nSPS) is 10.7. The van der Waals surface area contributed by atoms with Crippen LogP contribution < -0.4 is 10.2 Å². The summed E-state index contributed by atoms with van der Waals surface area (Å²) in [6.07, 6.45) is 1.61. The first-order valence-electron chi connectivity index (χ1n) is 7.25. The number of rotatable bonds is 6. The van der Waals surface area contributed by atoms with Crippen LogP contribution in [0.4, 0.5) is 0 Å². The predicted octanol–water partition coefficient (Wildman–Crippen LogP) is 3.55. The fourth-order valence-electron chi connectivity index (χ4n) is 1.99. The zero-order chi connectivity index (χ0) is 16.7. The van der Waals surface area contributed by atoms with Gasteiger partial charge in [-0.2, -0.15) is 5.10 Å². The lowest BCUT2D eigenvalue weighted by atomic mass is 10.1. The van der Waals surface area contributed by atoms with Crippen LogP contribution in [0.15, 0.2) is 52.5 Å². The first-order chi connectivity index (χ1) is 11.1. The number of hydrogen-bond donors (Lipinski definition) is 1. The maximum atomic E-state index is 11.8. The number of carbonyl (C=O) groups is 1. The van der Waals surface area contributed by atoms with E-state index in [-0.39, 0.29) is 5.91 Å². The molecule has 0 radical (unpaired) electrons. The summed E-state index contributed by atoms with van der Waals surface area (Å²) in [5.74, 6) is 1.00. The molecule has 2 aromatic carbocycles. The minimum atomic E-state index is -0.131. The molecule has 0 saturated carbocycles. The minimum absolute atomic E-state index is 0.131. The number of thioether (sulfide) groups is 1. The molecule has 1 N–H and O–H groups in total. The third kappa shape index (κ3) is 5.14. The van der Waals surface area contributed by atoms with Gasteiger partial charge in [-0.05, 0) is 42.7 Å². The Bertz CT molecular complexity index is 714. The molecule has 0 heterocycles. The third-order valence-electron chi connectivity index (χ3n) is 3.29. The maximum absolute atomic E-state index is 11.8. The summed E-state index contributed by atoms with van der Waals surface area (Å²) < 4.78 is 5.26. The van der Waals surface area contributed by atoms with Gasteiger partial charge in [0.05, 0.1) is 19.1 Å². The van der Waals surface area contributed by atoms with Crippen LogP contribution in [-0.4, -0.2) is 25.0 Å². The van der Waals surface area contributed by atoms with Crippen molar-refractivity contribution in [2.45, 2.75) is 18.7 Å². The molecule has 2 aromatic rings. The number of hydrazone groups is 1. The monoisotopic (exact) mass is 328 g/mol. The highest BCUT2D eigenvalue weighted by Gasteiger charge is 2.03. The molecule has 1 amide bonds. The number of nitrogens with one attached hydrogen (secondary N) is 1. The fraction of sp³-hybridized carbons (Fsp3) is 0.222. The molecule has 2 rings (SSSR count). The molecule has 0 aliphatic carbocycles. The molecule has 0 spiro atoms. The van der Waals surface area contributed by atoms with E-state index in [1.54, 1.807) is 13.3 Å². The molecule has 0 unspecified atom stereocenters. The lowest BCUT2D eigenvalue weighted by Crippen LogP contribution is -2.19. The van der Waals surface area contributed by atoms with Crippen molar-refractivity contribution < 1.29 is 9.53 Å². The highest BCUT2D eigenvalue weighted by Crippen LogP contribution is 2.21. The van der Waals surface area contributed by atoms with Crippen molar-refractivity contribution in [2.24, 2.45) is 5.10 Å². The van der Waals surface area contributed by atoms with Crippen LogP contribution in [0.5, 0.6) is 5.75 Å². The lowest BCUT2D eigenvalue weighted by molar-refractivity contribution is -0.118. The van der Waals surface area contributed by atoms with Crippen LogP contribution >= 0.6 is 11.8 Å². The average molecular weight is 328 g/mol. The number of ether oxygens (including phenoxy) is 1. The Kier molecular flexibility index (Phi) is 6.23. The van der Waals surface area contributed by atoms with Gasteiger partial charge in [0, 0.05) is 4.90 Å². The van der Waals surface area contributed by atoms with Gasteiger partial charge < -0.3 is 4.74 Å². The molecule has 120 valence electrons. The van der Waals surface area contributed by atoms with Crippen molar-refractivity contribution in [3.05, 3.63) is 59.2 Å². The van der Waals surface area contributed by atoms with E-state index >= 15 is 0 Å². The van der Waals surface area contributed by atoms with Crippen LogP contribution in [0.25, 0.3) is 0 Å². The molecular weight excluding hydrogens is 308 g/mol. The van der Waals surface area contributed by atoms with Gasteiger partial charge in [-0.25, -0.2) is 5.43 Å². The number of methoxy groups -OCH3 is 1. The first kappa shape index (κ1) is 17.1. The highest BCUT2D eigenvalue weighted by molar-refractivity contribution is 8.00. The molecule has 0 saturated heterocycles. The SMILES string of the molecule is COc1cc(/C=N/NC(=O)CSc2ccccc2C)ccc1C. The van der Waals surface area contributed by atoms with Gasteiger partial charge in [0.2, 0.25) is 5.91 Å². The summed E-state index contributed by atoms with van der Waals surface area (Å²) in [6.45, 7) is 4.01. The van der Waals surface area contributed by atoms with Gasteiger partial charge in [0.15, 0.2) is 0 Å². The van der Waals surface area contributed by atoms with Crippen LogP contribution in [0.2, 0.25) is 0 Å². The molecule has 5 heteroatoms. The van der Waals surface area contributed by atoms with Gasteiger partial charge in [0.25, 0.3) is 0 Å². The minimum Gasteiger partial charge on any atom is -0.496 e. The molecule has 23 heavy (non-hydrogen) atoms. The Morgan fingerprint density at radius 1 is 1.22 bits per heavy atom. The van der Waals surface area contributed by atoms with Crippen LogP contribution in [-0.2, 0) is 4.79 Å². The topological polar surface area (TPSA) is 50.7 Å². The standard InChI is InChI=1S/C18H20N2O2S/c1-13-8-9-15(10-16(13)22-3)11-19-20-18(21)12-23-17-7-5-4-6-14(17)2/h4-11H,12H2,1-3H3,(H,20,21)/b19-11+. The second kappa shape index (κ2) is 8.39. The number of carbonyl (C=O) groups excluding carboxylic acids is 1. The molecule has 0 atom stereocenters. The van der Waals surface area contributed by atoms with Gasteiger partial charge in [0.1, 0.15) is 5.75 Å². The quantitative estimate of drug-likeness (QED) is 0.501. The van der Waals surface area contributed by atoms with Crippen LogP contribution in [0.3, 0.4) is 0 Å². The third-order valence-corrected chi connectivity index (χ3v) is 4.46. The number of benzene rings is 2. The molecule has 4 nitrogen and oxygen atoms in total. The smallest absolute Gasteiger partial charge is 0.250 e. The lowest BCUT2D eigenvalue weighted by Gasteiger charge is -2.05. The van der Waals surface area contributed by atoms with E-state index in [0.717, 1.165) is 21.8 Å². The van der Waals surface area contributed by atoms with Crippen molar-refractivity contribution in [3.8, 4) is 5.75 Å². The van der Waals surface area contributed by atoms with Crippen molar-refractivity contribution in [1.82, 2.24) is 5.43 Å². The van der Waals surface area contributed by atoms with Gasteiger partial charge >= 0.3 is 0 Å². The van der Waals surface area contributed by atoms with Crippen LogP contribution in [0, 0.1) is 13.8 Å². The van der Waals surface area contributed by atoms with Gasteiger partial charge in [-0.1, -0.05) is 30.3 Å². The fourth-order valence-corrected chi connectivity index (χ4v) is 2.81. The second-order valence-corrected chi connectivity index (χ2v) is 6.09. The summed E-state index contributed by atoms with van der Waals surface area (Å²) in [6, 6.07) is 13.8. The summed E-state index contributed by atoms with van der Waals surface area (Å²) in [5.41, 5.74) is 5.64. The zero-order valence-corrected chi connectivity index (χ0v) is 14.3. The highest BCUT2D eigenvalue weighted by atomic mass is 32.2. The first-order valence-corrected chi connectivity index (χ1v) is 8.23. The van der Waals surface area contributed by atoms with E-state index in [2.05, 4.69) is 10.5 Å². The average Bonchev–Trinajstić information content (AvgIpc) is 2.55. The Morgan fingerprint density at radius 2 is 2.00 bits per heavy atom. The molecule has 0 aromatic heterocycles. The zero-order valence-electron chi connectivity index (χ0n) is 13.5. The van der Waals surface area contributed by atoms with E-state index in [4.69, 9.17) is 4.74 Å². The van der Waals surface area contributed by atoms with E-state index in [1.165, 1.54) is 17.3 Å². The van der Waals surface area contributed by atoms with Crippen molar-refractivity contribution in [1.29, 1.82) is 0 Å². The molecule has 0 bridgehead atoms. The number of aryl methyl sites for hydroxylation is 2. The van der Waals surface area contributed by atoms with Crippen molar-refractivity contribution in [3.63, 3.8) is 0 Å². The van der Waals surface area contributed by atoms with Crippen molar-refractivity contribution in [2.75, 3.05) is 12.9 Å². The molecule has 0 fully saturated rings. The second-order valence-electron chi connectivity index (χ2n) is 5.08. The number of hydrogen-bond acceptors (Lipinski definition) is 4.